The highest BCUT2D eigenvalue weighted by atomic mass is 32.2. The van der Waals surface area contributed by atoms with Crippen molar-refractivity contribution >= 4 is 29.3 Å². The highest BCUT2D eigenvalue weighted by molar-refractivity contribution is 8.04. The highest BCUT2D eigenvalue weighted by Crippen LogP contribution is 2.40. The third kappa shape index (κ3) is 3.97. The summed E-state index contributed by atoms with van der Waals surface area (Å²) < 4.78 is 0. The van der Waals surface area contributed by atoms with E-state index in [2.05, 4.69) is 4.90 Å². The Hall–Kier alpha value is -2.53. The van der Waals surface area contributed by atoms with Gasteiger partial charge in [0.15, 0.2) is 0 Å². The molecule has 0 spiro atoms. The molecule has 1 heterocycles. The Balaban J connectivity index is 1.72. The van der Waals surface area contributed by atoms with Crippen LogP contribution in [0.1, 0.15) is 37.7 Å². The first-order valence-corrected chi connectivity index (χ1v) is 11.0. The van der Waals surface area contributed by atoms with Crippen LogP contribution in [0.2, 0.25) is 0 Å². The van der Waals surface area contributed by atoms with Gasteiger partial charge >= 0.3 is 0 Å². The number of anilines is 1. The van der Waals surface area contributed by atoms with E-state index in [1.54, 1.807) is 0 Å². The molecule has 2 amide bonds. The lowest BCUT2D eigenvalue weighted by Crippen LogP contribution is -2.38. The smallest absolute Gasteiger partial charge is 0.283 e. The van der Waals surface area contributed by atoms with Gasteiger partial charge in [-0.3, -0.25) is 9.59 Å². The number of carbonyl (C=O) groups excluding carboxylic acids is 2. The lowest BCUT2D eigenvalue weighted by molar-refractivity contribution is -0.121. The number of aryl methyl sites for hydroxylation is 1. The number of hydrogen-bond acceptors (Lipinski definition) is 4. The van der Waals surface area contributed by atoms with Gasteiger partial charge in [0.1, 0.15) is 10.6 Å². The largest absolute Gasteiger partial charge is 0.366 e. The molecule has 29 heavy (non-hydrogen) atoms. The van der Waals surface area contributed by atoms with Crippen LogP contribution in [0, 0.1) is 6.92 Å². The Labute approximate surface area is 176 Å². The van der Waals surface area contributed by atoms with E-state index in [1.165, 1.54) is 35.9 Å². The number of carbonyl (C=O) groups is 2. The maximum absolute atomic E-state index is 13.5. The topological polar surface area (TPSA) is 40.6 Å². The molecule has 1 saturated carbocycles. The molecule has 5 heteroatoms. The van der Waals surface area contributed by atoms with Gasteiger partial charge in [0, 0.05) is 18.0 Å². The third-order valence-electron chi connectivity index (χ3n) is 5.75. The molecule has 2 aliphatic rings. The van der Waals surface area contributed by atoms with Crippen LogP contribution in [0.3, 0.4) is 0 Å². The van der Waals surface area contributed by atoms with Crippen LogP contribution in [0.15, 0.2) is 70.1 Å². The number of amides is 2. The average molecular weight is 407 g/mol. The van der Waals surface area contributed by atoms with Crippen molar-refractivity contribution in [3.63, 3.8) is 0 Å². The molecular formula is C24H26N2O2S. The summed E-state index contributed by atoms with van der Waals surface area (Å²) in [6.45, 7) is 1.99. The predicted molar refractivity (Wildman–Crippen MR) is 118 cm³/mol. The molecular weight excluding hydrogens is 380 g/mol. The molecule has 0 radical (unpaired) electrons. The normalized spacial score (nSPS) is 17.9. The summed E-state index contributed by atoms with van der Waals surface area (Å²) >= 11 is 1.39. The van der Waals surface area contributed by atoms with Gasteiger partial charge in [0.05, 0.1) is 5.69 Å². The number of hydrogen-bond donors (Lipinski definition) is 0. The molecule has 1 aliphatic carbocycles. The quantitative estimate of drug-likeness (QED) is 0.645. The third-order valence-corrected chi connectivity index (χ3v) is 6.83. The Morgan fingerprint density at radius 3 is 2.21 bits per heavy atom. The van der Waals surface area contributed by atoms with Crippen LogP contribution >= 0.6 is 11.8 Å². The molecule has 150 valence electrons. The number of thioether (sulfide) groups is 1. The molecule has 2 aromatic rings. The van der Waals surface area contributed by atoms with Crippen molar-refractivity contribution in [2.45, 2.75) is 50.0 Å². The van der Waals surface area contributed by atoms with Crippen LogP contribution < -0.4 is 4.90 Å². The molecule has 0 atom stereocenters. The fourth-order valence-corrected chi connectivity index (χ4v) is 5.12. The summed E-state index contributed by atoms with van der Waals surface area (Å²) in [5.41, 5.74) is 2.26. The van der Waals surface area contributed by atoms with Crippen molar-refractivity contribution in [1.82, 2.24) is 4.90 Å². The molecule has 1 fully saturated rings. The van der Waals surface area contributed by atoms with Gasteiger partial charge in [-0.15, -0.1) is 0 Å². The molecule has 0 unspecified atom stereocenters. The van der Waals surface area contributed by atoms with E-state index in [4.69, 9.17) is 0 Å². The summed E-state index contributed by atoms with van der Waals surface area (Å²) in [5.74, 6) is -0.448. The summed E-state index contributed by atoms with van der Waals surface area (Å²) in [5, 5.41) is 0. The van der Waals surface area contributed by atoms with Gasteiger partial charge in [0.2, 0.25) is 0 Å². The van der Waals surface area contributed by atoms with Gasteiger partial charge in [-0.2, -0.15) is 0 Å². The Morgan fingerprint density at radius 1 is 0.897 bits per heavy atom. The molecule has 0 aromatic heterocycles. The number of nitrogens with zero attached hydrogens (tertiary/aromatic N) is 2. The average Bonchev–Trinajstić information content (AvgIpc) is 2.99. The van der Waals surface area contributed by atoms with Crippen molar-refractivity contribution in [3.05, 3.63) is 70.8 Å². The van der Waals surface area contributed by atoms with Crippen molar-refractivity contribution < 1.29 is 9.59 Å². The number of imide groups is 1. The molecule has 0 saturated heterocycles. The van der Waals surface area contributed by atoms with Crippen molar-refractivity contribution in [2.75, 3.05) is 11.9 Å². The Bertz CT molecular complexity index is 931. The molecule has 4 rings (SSSR count). The van der Waals surface area contributed by atoms with Crippen molar-refractivity contribution in [3.8, 4) is 0 Å². The lowest BCUT2D eigenvalue weighted by Gasteiger charge is -2.33. The first-order valence-electron chi connectivity index (χ1n) is 10.2. The van der Waals surface area contributed by atoms with Gasteiger partial charge in [-0.25, -0.2) is 4.90 Å². The van der Waals surface area contributed by atoms with E-state index in [0.717, 1.165) is 23.3 Å². The van der Waals surface area contributed by atoms with E-state index in [9.17, 15) is 9.59 Å². The Kier molecular flexibility index (Phi) is 5.76. The predicted octanol–water partition coefficient (Wildman–Crippen LogP) is 5.14. The minimum atomic E-state index is -0.231. The highest BCUT2D eigenvalue weighted by Gasteiger charge is 2.43. The fraction of sp³-hybridized carbons (Fsp3) is 0.333. The SMILES string of the molecule is Cc1ccc(N2C(=O)C(Sc3ccccc3)=C(N(C)C3CCCCC3)C2=O)cc1. The van der Waals surface area contributed by atoms with Crippen LogP contribution in [0.25, 0.3) is 0 Å². The minimum Gasteiger partial charge on any atom is -0.366 e. The molecule has 2 aromatic carbocycles. The van der Waals surface area contributed by atoms with Crippen LogP contribution in [-0.4, -0.2) is 29.8 Å². The molecule has 4 nitrogen and oxygen atoms in total. The number of benzene rings is 2. The first-order chi connectivity index (χ1) is 14.1. The van der Waals surface area contributed by atoms with Crippen LogP contribution in [-0.2, 0) is 9.59 Å². The summed E-state index contributed by atoms with van der Waals surface area (Å²) in [7, 11) is 1.97. The van der Waals surface area contributed by atoms with Gasteiger partial charge in [-0.05, 0) is 44.0 Å². The zero-order chi connectivity index (χ0) is 20.4. The van der Waals surface area contributed by atoms with E-state index < -0.39 is 0 Å². The number of likely N-dealkylation sites (N-methyl/N-ethyl adjacent to an activating group) is 1. The summed E-state index contributed by atoms with van der Waals surface area (Å²) in [6.07, 6.45) is 5.72. The van der Waals surface area contributed by atoms with E-state index >= 15 is 0 Å². The zero-order valence-electron chi connectivity index (χ0n) is 16.9. The zero-order valence-corrected chi connectivity index (χ0v) is 17.7. The monoisotopic (exact) mass is 406 g/mol. The second kappa shape index (κ2) is 8.46. The molecule has 1 aliphatic heterocycles. The maximum Gasteiger partial charge on any atom is 0.283 e. The van der Waals surface area contributed by atoms with Gasteiger partial charge in [-0.1, -0.05) is 66.9 Å². The van der Waals surface area contributed by atoms with E-state index in [-0.39, 0.29) is 11.8 Å². The summed E-state index contributed by atoms with van der Waals surface area (Å²) in [4.78, 5) is 31.8. The molecule has 0 N–H and O–H groups in total. The second-order valence-corrected chi connectivity index (χ2v) is 8.86. The van der Waals surface area contributed by atoms with Crippen molar-refractivity contribution in [1.29, 1.82) is 0 Å². The Morgan fingerprint density at radius 2 is 1.55 bits per heavy atom. The summed E-state index contributed by atoms with van der Waals surface area (Å²) in [6, 6.07) is 17.7. The van der Waals surface area contributed by atoms with E-state index in [0.29, 0.717) is 22.3 Å². The van der Waals surface area contributed by atoms with Gasteiger partial charge < -0.3 is 4.90 Å². The fourth-order valence-electron chi connectivity index (χ4n) is 4.09. The number of rotatable bonds is 5. The second-order valence-electron chi connectivity index (χ2n) is 7.78. The minimum absolute atomic E-state index is 0.217. The van der Waals surface area contributed by atoms with E-state index in [1.807, 2.05) is 68.6 Å². The maximum atomic E-state index is 13.5. The first kappa shape index (κ1) is 19.8. The lowest BCUT2D eigenvalue weighted by atomic mass is 9.94. The standard InChI is InChI=1S/C24H26N2O2S/c1-17-13-15-19(16-14-17)26-23(27)21(25(2)18-9-5-3-6-10-18)22(24(26)28)29-20-11-7-4-8-12-20/h4,7-8,11-16,18H,3,5-6,9-10H2,1-2H3. The van der Waals surface area contributed by atoms with Gasteiger partial charge in [0.25, 0.3) is 11.8 Å². The van der Waals surface area contributed by atoms with Crippen LogP contribution in [0.4, 0.5) is 5.69 Å². The van der Waals surface area contributed by atoms with Crippen molar-refractivity contribution in [2.24, 2.45) is 0 Å². The molecule has 0 bridgehead atoms. The van der Waals surface area contributed by atoms with Crippen LogP contribution in [0.5, 0.6) is 0 Å².